The molecule has 24 heavy (non-hydrogen) atoms. The molecule has 1 saturated heterocycles. The van der Waals surface area contributed by atoms with Gasteiger partial charge in [0.25, 0.3) is 5.24 Å². The number of rotatable bonds is 1. The van der Waals surface area contributed by atoms with Crippen LogP contribution in [0.3, 0.4) is 0 Å². The third kappa shape index (κ3) is 13.0. The van der Waals surface area contributed by atoms with Gasteiger partial charge in [-0.25, -0.2) is 0 Å². The van der Waals surface area contributed by atoms with E-state index in [-0.39, 0.29) is 13.2 Å². The van der Waals surface area contributed by atoms with Crippen molar-refractivity contribution in [1.82, 2.24) is 0 Å². The van der Waals surface area contributed by atoms with E-state index in [0.717, 1.165) is 0 Å². The van der Waals surface area contributed by atoms with Crippen molar-refractivity contribution < 1.29 is 38.0 Å². The Morgan fingerprint density at radius 1 is 0.583 bits per heavy atom. The Balaban J connectivity index is 2.21. The van der Waals surface area contributed by atoms with Crippen LogP contribution >= 0.6 is 11.6 Å². The van der Waals surface area contributed by atoms with E-state index >= 15 is 0 Å². The van der Waals surface area contributed by atoms with E-state index in [9.17, 15) is 4.79 Å². The molecule has 1 aliphatic heterocycles. The monoisotopic (exact) mass is 370 g/mol. The minimum absolute atomic E-state index is 0.0860. The molecule has 0 N–H and O–H groups in total. The fourth-order valence-corrected chi connectivity index (χ4v) is 1.84. The molecule has 8 nitrogen and oxygen atoms in total. The van der Waals surface area contributed by atoms with Crippen LogP contribution < -0.4 is 0 Å². The Labute approximate surface area is 147 Å². The number of carbonyl (C=O) groups is 1. The summed E-state index contributed by atoms with van der Waals surface area (Å²) in [6, 6.07) is 0. The summed E-state index contributed by atoms with van der Waals surface area (Å²) in [7, 11) is 0. The Morgan fingerprint density at radius 2 is 0.917 bits per heavy atom. The van der Waals surface area contributed by atoms with Crippen LogP contribution in [0.1, 0.15) is 0 Å². The quantitative estimate of drug-likeness (QED) is 0.608. The Kier molecular flexibility index (Phi) is 14.6. The summed E-state index contributed by atoms with van der Waals surface area (Å²) in [5.74, 6) is 0. The topological polar surface area (TPSA) is 81.7 Å². The van der Waals surface area contributed by atoms with Crippen molar-refractivity contribution in [1.29, 1.82) is 0 Å². The third-order valence-electron chi connectivity index (χ3n) is 2.93. The zero-order valence-corrected chi connectivity index (χ0v) is 14.7. The molecule has 0 aliphatic carbocycles. The first-order chi connectivity index (χ1) is 11.8. The van der Waals surface area contributed by atoms with Crippen LogP contribution in [-0.4, -0.2) is 97.2 Å². The number of halogens is 1. The van der Waals surface area contributed by atoms with Gasteiger partial charge in [-0.3, -0.25) is 4.79 Å². The molecule has 1 atom stereocenters. The fraction of sp³-hybridized carbons (Fsp3) is 0.933. The standard InChI is InChI=1S/C15H27ClO8/c16-15(17)14-13-23-10-9-21-6-5-19-2-1-18-3-4-20-7-8-22-11-12-24-14/h14H,1-13H2. The fourth-order valence-electron chi connectivity index (χ4n) is 1.72. The van der Waals surface area contributed by atoms with Gasteiger partial charge in [0.05, 0.1) is 85.9 Å². The van der Waals surface area contributed by atoms with Crippen molar-refractivity contribution in [3.8, 4) is 0 Å². The lowest BCUT2D eigenvalue weighted by molar-refractivity contribution is -0.128. The van der Waals surface area contributed by atoms with Crippen LogP contribution in [-0.2, 0) is 38.0 Å². The molecule has 142 valence electrons. The lowest BCUT2D eigenvalue weighted by Gasteiger charge is -2.14. The highest BCUT2D eigenvalue weighted by molar-refractivity contribution is 6.64. The number of carbonyl (C=O) groups excluding carboxylic acids is 1. The molecule has 0 aromatic heterocycles. The summed E-state index contributed by atoms with van der Waals surface area (Å²) in [4.78, 5) is 11.3. The van der Waals surface area contributed by atoms with E-state index in [0.29, 0.717) is 72.7 Å². The molecule has 1 rings (SSSR count). The highest BCUT2D eigenvalue weighted by atomic mass is 35.5. The zero-order chi connectivity index (χ0) is 17.3. The second-order valence-electron chi connectivity index (χ2n) is 4.80. The maximum Gasteiger partial charge on any atom is 0.252 e. The normalized spacial score (nSPS) is 25.5. The van der Waals surface area contributed by atoms with Crippen LogP contribution in [0.25, 0.3) is 0 Å². The first-order valence-electron chi connectivity index (χ1n) is 8.08. The second-order valence-corrected chi connectivity index (χ2v) is 5.17. The van der Waals surface area contributed by atoms with Gasteiger partial charge in [0, 0.05) is 0 Å². The lowest BCUT2D eigenvalue weighted by Crippen LogP contribution is -2.28. The van der Waals surface area contributed by atoms with Gasteiger partial charge in [0.15, 0.2) is 6.10 Å². The summed E-state index contributed by atoms with van der Waals surface area (Å²) < 4.78 is 37.4. The average molecular weight is 371 g/mol. The van der Waals surface area contributed by atoms with Crippen molar-refractivity contribution in [3.63, 3.8) is 0 Å². The van der Waals surface area contributed by atoms with Gasteiger partial charge < -0.3 is 33.2 Å². The van der Waals surface area contributed by atoms with Crippen molar-refractivity contribution in [3.05, 3.63) is 0 Å². The predicted octanol–water partition coefficient (Wildman–Crippen LogP) is 0.250. The van der Waals surface area contributed by atoms with E-state index in [1.54, 1.807) is 0 Å². The maximum absolute atomic E-state index is 11.3. The summed E-state index contributed by atoms with van der Waals surface area (Å²) in [6.45, 7) is 5.37. The van der Waals surface area contributed by atoms with E-state index < -0.39 is 11.3 Å². The highest BCUT2D eigenvalue weighted by Crippen LogP contribution is 2.00. The second kappa shape index (κ2) is 16.2. The molecule has 1 unspecified atom stereocenters. The summed E-state index contributed by atoms with van der Waals surface area (Å²) in [5, 5.41) is -0.592. The van der Waals surface area contributed by atoms with E-state index in [2.05, 4.69) is 0 Å². The molecule has 0 bridgehead atoms. The minimum Gasteiger partial charge on any atom is -0.377 e. The third-order valence-corrected chi connectivity index (χ3v) is 3.17. The zero-order valence-electron chi connectivity index (χ0n) is 13.9. The lowest BCUT2D eigenvalue weighted by atomic mass is 10.4. The molecule has 0 aromatic rings. The summed E-state index contributed by atoms with van der Waals surface area (Å²) in [5.41, 5.74) is 0. The maximum atomic E-state index is 11.3. The van der Waals surface area contributed by atoms with Gasteiger partial charge in [-0.1, -0.05) is 0 Å². The van der Waals surface area contributed by atoms with Crippen molar-refractivity contribution >= 4 is 16.8 Å². The molecule has 1 heterocycles. The molecule has 0 saturated carbocycles. The highest BCUT2D eigenvalue weighted by Gasteiger charge is 2.17. The number of hydrogen-bond acceptors (Lipinski definition) is 8. The first-order valence-corrected chi connectivity index (χ1v) is 8.46. The average Bonchev–Trinajstić information content (AvgIpc) is 2.57. The molecular formula is C15H27ClO8. The molecule has 0 spiro atoms. The SMILES string of the molecule is O=C(Cl)C1COCCOCCOCCOCCOCCOCCO1. The van der Waals surface area contributed by atoms with Crippen molar-refractivity contribution in [2.24, 2.45) is 0 Å². The number of hydrogen-bond donors (Lipinski definition) is 0. The first kappa shape index (κ1) is 21.7. The van der Waals surface area contributed by atoms with Crippen LogP contribution in [0.4, 0.5) is 0 Å². The van der Waals surface area contributed by atoms with Crippen molar-refractivity contribution in [2.45, 2.75) is 6.10 Å². The Morgan fingerprint density at radius 3 is 1.29 bits per heavy atom. The van der Waals surface area contributed by atoms with Gasteiger partial charge in [-0.05, 0) is 11.6 Å². The van der Waals surface area contributed by atoms with E-state index in [4.69, 9.17) is 44.8 Å². The molecule has 0 aromatic carbocycles. The van der Waals surface area contributed by atoms with Crippen LogP contribution in [0, 0.1) is 0 Å². The Hall–Kier alpha value is -0.320. The molecule has 9 heteroatoms. The van der Waals surface area contributed by atoms with Crippen LogP contribution in [0.15, 0.2) is 0 Å². The molecule has 1 aliphatic rings. The van der Waals surface area contributed by atoms with Gasteiger partial charge in [0.1, 0.15) is 0 Å². The van der Waals surface area contributed by atoms with Gasteiger partial charge in [0.2, 0.25) is 0 Å². The van der Waals surface area contributed by atoms with Crippen molar-refractivity contribution in [2.75, 3.05) is 85.9 Å². The van der Waals surface area contributed by atoms with Crippen LogP contribution in [0.5, 0.6) is 0 Å². The molecule has 1 fully saturated rings. The predicted molar refractivity (Wildman–Crippen MR) is 85.5 cm³/mol. The van der Waals surface area contributed by atoms with Gasteiger partial charge in [-0.15, -0.1) is 0 Å². The summed E-state index contributed by atoms with van der Waals surface area (Å²) >= 11 is 5.48. The minimum atomic E-state index is -0.805. The largest absolute Gasteiger partial charge is 0.377 e. The van der Waals surface area contributed by atoms with E-state index in [1.165, 1.54) is 0 Å². The van der Waals surface area contributed by atoms with Gasteiger partial charge >= 0.3 is 0 Å². The summed E-state index contributed by atoms with van der Waals surface area (Å²) in [6.07, 6.45) is -0.805. The van der Waals surface area contributed by atoms with Gasteiger partial charge in [-0.2, -0.15) is 0 Å². The smallest absolute Gasteiger partial charge is 0.252 e. The van der Waals surface area contributed by atoms with E-state index in [1.807, 2.05) is 0 Å². The van der Waals surface area contributed by atoms with Crippen LogP contribution in [0.2, 0.25) is 0 Å². The molecule has 0 radical (unpaired) electrons. The molecular weight excluding hydrogens is 344 g/mol. The Bertz CT molecular complexity index is 283. The molecule has 0 amide bonds. The number of ether oxygens (including phenoxy) is 7.